The molecular weight excluding hydrogens is 138 g/mol. The Balaban J connectivity index is 2.47. The van der Waals surface area contributed by atoms with Crippen LogP contribution in [0.25, 0.3) is 0 Å². The van der Waals surface area contributed by atoms with Crippen molar-refractivity contribution in [3.05, 3.63) is 23.4 Å². The third-order valence-electron chi connectivity index (χ3n) is 2.13. The molecular formula is C9H9NO. The van der Waals surface area contributed by atoms with Crippen molar-refractivity contribution in [1.82, 2.24) is 0 Å². The fraction of sp³-hybridized carbons (Fsp3) is 0.333. The summed E-state index contributed by atoms with van der Waals surface area (Å²) in [4.78, 5) is 14.7. The van der Waals surface area contributed by atoms with Gasteiger partial charge in [0, 0.05) is 23.1 Å². The zero-order valence-corrected chi connectivity index (χ0v) is 6.21. The van der Waals surface area contributed by atoms with Gasteiger partial charge in [-0.15, -0.1) is 0 Å². The molecule has 2 heteroatoms. The molecule has 1 aliphatic heterocycles. The van der Waals surface area contributed by atoms with Crippen molar-refractivity contribution in [1.29, 1.82) is 0 Å². The van der Waals surface area contributed by atoms with Crippen LogP contribution in [-0.4, -0.2) is 12.0 Å². The summed E-state index contributed by atoms with van der Waals surface area (Å²) in [6.07, 6.45) is 7.68. The average Bonchev–Trinajstić information content (AvgIpc) is 2.50. The van der Waals surface area contributed by atoms with Crippen LogP contribution in [0, 0.1) is 0 Å². The third kappa shape index (κ3) is 0.946. The summed E-state index contributed by atoms with van der Waals surface area (Å²) in [5, 5.41) is 0. The molecule has 2 rings (SSSR count). The van der Waals surface area contributed by atoms with Crippen LogP contribution in [0.1, 0.15) is 19.3 Å². The summed E-state index contributed by atoms with van der Waals surface area (Å²) in [5.41, 5.74) is 3.09. The lowest BCUT2D eigenvalue weighted by molar-refractivity contribution is -0.105. The molecule has 0 radical (unpaired) electrons. The van der Waals surface area contributed by atoms with Crippen LogP contribution >= 0.6 is 0 Å². The van der Waals surface area contributed by atoms with Gasteiger partial charge in [-0.05, 0) is 25.3 Å². The quantitative estimate of drug-likeness (QED) is 0.518. The second-order valence-electron chi connectivity index (χ2n) is 2.80. The molecule has 56 valence electrons. The van der Waals surface area contributed by atoms with E-state index in [1.165, 1.54) is 0 Å². The Morgan fingerprint density at radius 2 is 2.36 bits per heavy atom. The van der Waals surface area contributed by atoms with Crippen LogP contribution in [0.3, 0.4) is 0 Å². The van der Waals surface area contributed by atoms with Gasteiger partial charge < -0.3 is 0 Å². The highest BCUT2D eigenvalue weighted by Gasteiger charge is 2.17. The van der Waals surface area contributed by atoms with Crippen LogP contribution in [0.4, 0.5) is 0 Å². The van der Waals surface area contributed by atoms with Gasteiger partial charge in [0.15, 0.2) is 0 Å². The second kappa shape index (κ2) is 2.46. The number of hydrogen-bond donors (Lipinski definition) is 0. The molecule has 2 aliphatic rings. The molecule has 0 amide bonds. The van der Waals surface area contributed by atoms with E-state index in [9.17, 15) is 4.79 Å². The maximum absolute atomic E-state index is 10.6. The van der Waals surface area contributed by atoms with Gasteiger partial charge in [0.05, 0.1) is 0 Å². The maximum atomic E-state index is 10.6. The summed E-state index contributed by atoms with van der Waals surface area (Å²) in [6.45, 7) is 0. The lowest BCUT2D eigenvalue weighted by Crippen LogP contribution is -2.08. The van der Waals surface area contributed by atoms with E-state index in [0.717, 1.165) is 42.4 Å². The molecule has 2 nitrogen and oxygen atoms in total. The molecule has 11 heavy (non-hydrogen) atoms. The molecule has 0 N–H and O–H groups in total. The highest BCUT2D eigenvalue weighted by molar-refractivity contribution is 6.09. The molecule has 0 spiro atoms. The topological polar surface area (TPSA) is 29.4 Å². The highest BCUT2D eigenvalue weighted by atomic mass is 16.1. The minimum absolute atomic E-state index is 0.919. The Hall–Kier alpha value is -1.18. The molecule has 0 aromatic carbocycles. The van der Waals surface area contributed by atoms with Crippen molar-refractivity contribution in [2.75, 3.05) is 0 Å². The average molecular weight is 147 g/mol. The number of allylic oxidation sites excluding steroid dienone is 3. The molecule has 0 saturated carbocycles. The first kappa shape index (κ1) is 6.53. The van der Waals surface area contributed by atoms with Gasteiger partial charge in [0.2, 0.25) is 0 Å². The van der Waals surface area contributed by atoms with Crippen molar-refractivity contribution < 1.29 is 4.79 Å². The number of aldehydes is 1. The first-order chi connectivity index (χ1) is 5.42. The Labute approximate surface area is 65.3 Å². The Bertz CT molecular complexity index is 284. The fourth-order valence-corrected chi connectivity index (χ4v) is 1.56. The lowest BCUT2D eigenvalue weighted by Gasteiger charge is -2.12. The normalized spacial score (nSPS) is 21.6. The van der Waals surface area contributed by atoms with Gasteiger partial charge in [-0.1, -0.05) is 0 Å². The third-order valence-corrected chi connectivity index (χ3v) is 2.13. The maximum Gasteiger partial charge on any atom is 0.146 e. The van der Waals surface area contributed by atoms with Crippen molar-refractivity contribution in [3.8, 4) is 0 Å². The van der Waals surface area contributed by atoms with Gasteiger partial charge in [-0.3, -0.25) is 9.79 Å². The predicted molar refractivity (Wildman–Crippen MR) is 43.5 cm³/mol. The van der Waals surface area contributed by atoms with E-state index in [1.807, 2.05) is 6.08 Å². The number of carbonyl (C=O) groups excluding carboxylic acids is 1. The van der Waals surface area contributed by atoms with E-state index in [4.69, 9.17) is 0 Å². The molecule has 0 aromatic heterocycles. The van der Waals surface area contributed by atoms with Gasteiger partial charge in [0.1, 0.15) is 6.29 Å². The van der Waals surface area contributed by atoms with Gasteiger partial charge in [-0.2, -0.15) is 0 Å². The fourth-order valence-electron chi connectivity index (χ4n) is 1.56. The van der Waals surface area contributed by atoms with E-state index < -0.39 is 0 Å². The van der Waals surface area contributed by atoms with E-state index in [0.29, 0.717) is 0 Å². The number of fused-ring (bicyclic) bond motifs is 1. The summed E-state index contributed by atoms with van der Waals surface area (Å²) in [6, 6.07) is 0. The zero-order chi connectivity index (χ0) is 7.68. The largest absolute Gasteiger partial charge is 0.298 e. The predicted octanol–water partition coefficient (Wildman–Crippen LogP) is 1.63. The van der Waals surface area contributed by atoms with Crippen LogP contribution in [0.15, 0.2) is 28.4 Å². The van der Waals surface area contributed by atoms with E-state index in [2.05, 4.69) is 4.99 Å². The summed E-state index contributed by atoms with van der Waals surface area (Å²) < 4.78 is 0. The lowest BCUT2D eigenvalue weighted by atomic mass is 9.92. The minimum atomic E-state index is 0.919. The van der Waals surface area contributed by atoms with Crippen molar-refractivity contribution in [2.24, 2.45) is 4.99 Å². The molecule has 0 fully saturated rings. The molecule has 0 aromatic rings. The second-order valence-corrected chi connectivity index (χ2v) is 2.80. The number of hydrogen-bond acceptors (Lipinski definition) is 2. The van der Waals surface area contributed by atoms with Crippen molar-refractivity contribution >= 4 is 12.0 Å². The SMILES string of the molecule is O=CC1=C2C=CN=C2CCC1. The Morgan fingerprint density at radius 1 is 1.45 bits per heavy atom. The summed E-state index contributed by atoms with van der Waals surface area (Å²) in [7, 11) is 0. The molecule has 1 aliphatic carbocycles. The first-order valence-electron chi connectivity index (χ1n) is 3.84. The molecule has 0 bridgehead atoms. The molecule has 0 saturated heterocycles. The van der Waals surface area contributed by atoms with E-state index in [-0.39, 0.29) is 0 Å². The van der Waals surface area contributed by atoms with E-state index >= 15 is 0 Å². The highest BCUT2D eigenvalue weighted by Crippen LogP contribution is 2.25. The first-order valence-corrected chi connectivity index (χ1v) is 3.84. The van der Waals surface area contributed by atoms with Crippen LogP contribution in [0.5, 0.6) is 0 Å². The van der Waals surface area contributed by atoms with Crippen molar-refractivity contribution in [3.63, 3.8) is 0 Å². The molecule has 0 unspecified atom stereocenters. The molecule has 0 atom stereocenters. The monoisotopic (exact) mass is 147 g/mol. The smallest absolute Gasteiger partial charge is 0.146 e. The van der Waals surface area contributed by atoms with Gasteiger partial charge in [0.25, 0.3) is 0 Å². The van der Waals surface area contributed by atoms with Crippen LogP contribution < -0.4 is 0 Å². The van der Waals surface area contributed by atoms with Gasteiger partial charge >= 0.3 is 0 Å². The number of aliphatic imine (C=N–C) groups is 1. The summed E-state index contributed by atoms with van der Waals surface area (Å²) in [5.74, 6) is 0. The van der Waals surface area contributed by atoms with Crippen molar-refractivity contribution in [2.45, 2.75) is 19.3 Å². The zero-order valence-electron chi connectivity index (χ0n) is 6.21. The Morgan fingerprint density at radius 3 is 3.18 bits per heavy atom. The number of nitrogens with zero attached hydrogens (tertiary/aromatic N) is 1. The van der Waals surface area contributed by atoms with Crippen LogP contribution in [-0.2, 0) is 4.79 Å². The van der Waals surface area contributed by atoms with Crippen LogP contribution in [0.2, 0.25) is 0 Å². The minimum Gasteiger partial charge on any atom is -0.298 e. The van der Waals surface area contributed by atoms with Gasteiger partial charge in [-0.25, -0.2) is 0 Å². The standard InChI is InChI=1S/C9H9NO/c11-6-7-2-1-3-9-8(7)4-5-10-9/h4-6H,1-3H2. The Kier molecular flexibility index (Phi) is 1.46. The molecule has 1 heterocycles. The summed E-state index contributed by atoms with van der Waals surface area (Å²) >= 11 is 0. The number of carbonyl (C=O) groups is 1. The van der Waals surface area contributed by atoms with E-state index in [1.54, 1.807) is 6.20 Å². The number of rotatable bonds is 1.